The van der Waals surface area contributed by atoms with Gasteiger partial charge < -0.3 is 10.2 Å². The SMILES string of the molecule is CCCC(=O)N(Cc1ccc(F)cc1)[C@@H](C)C(=O)NC1CCCC1. The molecular formula is C19H27FN2O2. The van der Waals surface area contributed by atoms with Gasteiger partial charge in [-0.05, 0) is 43.9 Å². The van der Waals surface area contributed by atoms with Gasteiger partial charge in [-0.25, -0.2) is 4.39 Å². The van der Waals surface area contributed by atoms with Gasteiger partial charge in [0, 0.05) is 19.0 Å². The summed E-state index contributed by atoms with van der Waals surface area (Å²) in [5, 5.41) is 3.06. The molecule has 1 atom stereocenters. The van der Waals surface area contributed by atoms with Crippen molar-refractivity contribution in [3.63, 3.8) is 0 Å². The highest BCUT2D eigenvalue weighted by molar-refractivity contribution is 5.87. The molecule has 2 amide bonds. The van der Waals surface area contributed by atoms with E-state index in [0.29, 0.717) is 13.0 Å². The van der Waals surface area contributed by atoms with Crippen LogP contribution in [0.25, 0.3) is 0 Å². The number of amides is 2. The molecule has 0 saturated heterocycles. The lowest BCUT2D eigenvalue weighted by Gasteiger charge is -2.29. The Morgan fingerprint density at radius 2 is 1.88 bits per heavy atom. The third-order valence-electron chi connectivity index (χ3n) is 4.60. The first-order valence-electron chi connectivity index (χ1n) is 8.85. The van der Waals surface area contributed by atoms with Gasteiger partial charge in [0.2, 0.25) is 11.8 Å². The molecule has 0 aromatic heterocycles. The van der Waals surface area contributed by atoms with E-state index in [-0.39, 0.29) is 23.7 Å². The van der Waals surface area contributed by atoms with Crippen molar-refractivity contribution in [3.05, 3.63) is 35.6 Å². The zero-order valence-corrected chi connectivity index (χ0v) is 14.6. The van der Waals surface area contributed by atoms with Crippen molar-refractivity contribution in [3.8, 4) is 0 Å². The number of nitrogens with one attached hydrogen (secondary N) is 1. The van der Waals surface area contributed by atoms with Crippen molar-refractivity contribution in [2.75, 3.05) is 0 Å². The Balaban J connectivity index is 2.06. The number of carbonyl (C=O) groups is 2. The van der Waals surface area contributed by atoms with Gasteiger partial charge in [-0.15, -0.1) is 0 Å². The quantitative estimate of drug-likeness (QED) is 0.831. The van der Waals surface area contributed by atoms with Gasteiger partial charge in [0.15, 0.2) is 0 Å². The van der Waals surface area contributed by atoms with E-state index in [2.05, 4.69) is 5.32 Å². The van der Waals surface area contributed by atoms with Gasteiger partial charge in [-0.2, -0.15) is 0 Å². The van der Waals surface area contributed by atoms with Gasteiger partial charge in [0.1, 0.15) is 11.9 Å². The van der Waals surface area contributed by atoms with Crippen LogP contribution < -0.4 is 5.32 Å². The third-order valence-corrected chi connectivity index (χ3v) is 4.60. The van der Waals surface area contributed by atoms with Crippen LogP contribution in [0.3, 0.4) is 0 Å². The topological polar surface area (TPSA) is 49.4 Å². The molecule has 1 N–H and O–H groups in total. The summed E-state index contributed by atoms with van der Waals surface area (Å²) in [5.74, 6) is -0.457. The zero-order valence-electron chi connectivity index (χ0n) is 14.6. The number of hydrogen-bond donors (Lipinski definition) is 1. The van der Waals surface area contributed by atoms with Crippen LogP contribution in [-0.2, 0) is 16.1 Å². The summed E-state index contributed by atoms with van der Waals surface area (Å²) in [7, 11) is 0. The Labute approximate surface area is 143 Å². The van der Waals surface area contributed by atoms with Gasteiger partial charge in [-0.1, -0.05) is 31.9 Å². The normalized spacial score (nSPS) is 16.0. The Bertz CT molecular complexity index is 553. The first kappa shape index (κ1) is 18.4. The fraction of sp³-hybridized carbons (Fsp3) is 0.579. The van der Waals surface area contributed by atoms with E-state index in [1.54, 1.807) is 24.0 Å². The highest BCUT2D eigenvalue weighted by atomic mass is 19.1. The van der Waals surface area contributed by atoms with Crippen molar-refractivity contribution < 1.29 is 14.0 Å². The second-order valence-corrected chi connectivity index (χ2v) is 6.56. The van der Waals surface area contributed by atoms with E-state index >= 15 is 0 Å². The van der Waals surface area contributed by atoms with Crippen molar-refractivity contribution in [2.24, 2.45) is 0 Å². The smallest absolute Gasteiger partial charge is 0.242 e. The predicted molar refractivity (Wildman–Crippen MR) is 91.7 cm³/mol. The second kappa shape index (κ2) is 8.81. The van der Waals surface area contributed by atoms with Crippen molar-refractivity contribution >= 4 is 11.8 Å². The van der Waals surface area contributed by atoms with E-state index < -0.39 is 6.04 Å². The summed E-state index contributed by atoms with van der Waals surface area (Å²) in [4.78, 5) is 26.6. The molecule has 4 nitrogen and oxygen atoms in total. The van der Waals surface area contributed by atoms with E-state index in [1.807, 2.05) is 6.92 Å². The Morgan fingerprint density at radius 1 is 1.25 bits per heavy atom. The standard InChI is InChI=1S/C19H27FN2O2/c1-3-6-18(23)22(13-15-9-11-16(20)12-10-15)14(2)19(24)21-17-7-4-5-8-17/h9-12,14,17H,3-8,13H2,1-2H3,(H,21,24)/t14-/m0/s1. The maximum atomic E-state index is 13.1. The minimum absolute atomic E-state index is 0.0455. The van der Waals surface area contributed by atoms with Crippen molar-refractivity contribution in [1.29, 1.82) is 0 Å². The fourth-order valence-corrected chi connectivity index (χ4v) is 3.12. The minimum Gasteiger partial charge on any atom is -0.352 e. The molecule has 0 heterocycles. The first-order valence-corrected chi connectivity index (χ1v) is 8.85. The number of carbonyl (C=O) groups excluding carboxylic acids is 2. The lowest BCUT2D eigenvalue weighted by molar-refractivity contribution is -0.140. The Morgan fingerprint density at radius 3 is 2.46 bits per heavy atom. The maximum Gasteiger partial charge on any atom is 0.242 e. The van der Waals surface area contributed by atoms with Crippen LogP contribution >= 0.6 is 0 Å². The minimum atomic E-state index is -0.533. The average Bonchev–Trinajstić information content (AvgIpc) is 3.06. The van der Waals surface area contributed by atoms with Crippen molar-refractivity contribution in [1.82, 2.24) is 10.2 Å². The number of rotatable bonds is 7. The zero-order chi connectivity index (χ0) is 17.5. The van der Waals surface area contributed by atoms with E-state index in [0.717, 1.165) is 37.7 Å². The van der Waals surface area contributed by atoms with Gasteiger partial charge >= 0.3 is 0 Å². The average molecular weight is 334 g/mol. The second-order valence-electron chi connectivity index (χ2n) is 6.56. The molecule has 2 rings (SSSR count). The van der Waals surface area contributed by atoms with Crippen LogP contribution in [0.1, 0.15) is 57.9 Å². The largest absolute Gasteiger partial charge is 0.352 e. The summed E-state index contributed by atoms with van der Waals surface area (Å²) < 4.78 is 13.1. The summed E-state index contributed by atoms with van der Waals surface area (Å²) >= 11 is 0. The lowest BCUT2D eigenvalue weighted by atomic mass is 10.1. The van der Waals surface area contributed by atoms with Crippen LogP contribution in [0.2, 0.25) is 0 Å². The highest BCUT2D eigenvalue weighted by Crippen LogP contribution is 2.19. The molecule has 1 aliphatic rings. The molecule has 1 saturated carbocycles. The van der Waals surface area contributed by atoms with Crippen molar-refractivity contribution in [2.45, 2.75) is 71.0 Å². The Hall–Kier alpha value is -1.91. The molecule has 0 spiro atoms. The number of benzene rings is 1. The summed E-state index contributed by atoms with van der Waals surface area (Å²) in [6, 6.07) is 5.76. The molecule has 0 radical (unpaired) electrons. The monoisotopic (exact) mass is 334 g/mol. The number of nitrogens with zero attached hydrogens (tertiary/aromatic N) is 1. The molecule has 5 heteroatoms. The Kier molecular flexibility index (Phi) is 6.76. The molecule has 1 fully saturated rings. The number of hydrogen-bond acceptors (Lipinski definition) is 2. The highest BCUT2D eigenvalue weighted by Gasteiger charge is 2.27. The van der Waals surface area contributed by atoms with Crippen LogP contribution in [0.5, 0.6) is 0 Å². The van der Waals surface area contributed by atoms with Gasteiger partial charge in [0.05, 0.1) is 0 Å². The molecule has 0 unspecified atom stereocenters. The number of halogens is 1. The van der Waals surface area contributed by atoms with E-state index in [4.69, 9.17) is 0 Å². The van der Waals surface area contributed by atoms with E-state index in [1.165, 1.54) is 12.1 Å². The summed E-state index contributed by atoms with van der Waals surface area (Å²) in [5.41, 5.74) is 0.821. The molecule has 24 heavy (non-hydrogen) atoms. The predicted octanol–water partition coefficient (Wildman–Crippen LogP) is 3.40. The lowest BCUT2D eigenvalue weighted by Crippen LogP contribution is -2.49. The van der Waals surface area contributed by atoms with E-state index in [9.17, 15) is 14.0 Å². The summed E-state index contributed by atoms with van der Waals surface area (Å²) in [6.45, 7) is 4.02. The summed E-state index contributed by atoms with van der Waals surface area (Å²) in [6.07, 6.45) is 5.46. The van der Waals surface area contributed by atoms with Crippen LogP contribution in [0.15, 0.2) is 24.3 Å². The molecule has 1 aromatic carbocycles. The van der Waals surface area contributed by atoms with Crippen LogP contribution in [0.4, 0.5) is 4.39 Å². The molecule has 1 aliphatic carbocycles. The third kappa shape index (κ3) is 5.05. The molecule has 0 bridgehead atoms. The molecule has 1 aromatic rings. The van der Waals surface area contributed by atoms with Gasteiger partial charge in [-0.3, -0.25) is 9.59 Å². The first-order chi connectivity index (χ1) is 11.5. The molecule has 132 valence electrons. The maximum absolute atomic E-state index is 13.1. The van der Waals surface area contributed by atoms with Crippen LogP contribution in [0, 0.1) is 5.82 Å². The van der Waals surface area contributed by atoms with Crippen LogP contribution in [-0.4, -0.2) is 28.8 Å². The fourth-order valence-electron chi connectivity index (χ4n) is 3.12. The molecular weight excluding hydrogens is 307 g/mol. The molecule has 0 aliphatic heterocycles. The van der Waals surface area contributed by atoms with Gasteiger partial charge in [0.25, 0.3) is 0 Å².